The molecule has 1 aliphatic heterocycles. The first-order valence-electron chi connectivity index (χ1n) is 12.5. The number of hydrogen-bond donors (Lipinski definition) is 2. The molecule has 1 aliphatic rings. The number of methoxy groups -OCH3 is 2. The Balaban J connectivity index is 1.34. The van der Waals surface area contributed by atoms with Gasteiger partial charge < -0.3 is 30.3 Å². The molecule has 0 radical (unpaired) electrons. The number of hydrogen-bond acceptors (Lipinski definition) is 8. The van der Waals surface area contributed by atoms with Crippen LogP contribution in [0.4, 0.5) is 11.8 Å². The Hall–Kier alpha value is -4.18. The lowest BCUT2D eigenvalue weighted by atomic mass is 10.1. The number of benzene rings is 2. The minimum Gasteiger partial charge on any atom is -0.493 e. The summed E-state index contributed by atoms with van der Waals surface area (Å²) in [6, 6.07) is 17.9. The van der Waals surface area contributed by atoms with E-state index < -0.39 is 0 Å². The van der Waals surface area contributed by atoms with E-state index in [1.54, 1.807) is 14.2 Å². The number of pyridine rings is 1. The molecule has 9 nitrogen and oxygen atoms in total. The van der Waals surface area contributed by atoms with Gasteiger partial charge in [-0.05, 0) is 60.6 Å². The highest BCUT2D eigenvalue weighted by atomic mass is 32.1. The van der Waals surface area contributed by atoms with Crippen LogP contribution in [0.3, 0.4) is 0 Å². The van der Waals surface area contributed by atoms with Crippen LogP contribution in [-0.4, -0.2) is 65.4 Å². The van der Waals surface area contributed by atoms with Crippen molar-refractivity contribution in [2.24, 2.45) is 0 Å². The molecule has 38 heavy (non-hydrogen) atoms. The first-order valence-corrected chi connectivity index (χ1v) is 12.9. The third kappa shape index (κ3) is 5.26. The van der Waals surface area contributed by atoms with E-state index in [-0.39, 0.29) is 5.95 Å². The quantitative estimate of drug-likeness (QED) is 0.359. The Morgan fingerprint density at radius 2 is 1.71 bits per heavy atom. The molecule has 0 bridgehead atoms. The number of ether oxygens (including phenoxy) is 2. The van der Waals surface area contributed by atoms with E-state index in [1.165, 1.54) is 11.1 Å². The van der Waals surface area contributed by atoms with Gasteiger partial charge in [-0.25, -0.2) is 9.97 Å². The lowest BCUT2D eigenvalue weighted by molar-refractivity contribution is 0.355. The fourth-order valence-corrected chi connectivity index (χ4v) is 4.86. The maximum atomic E-state index is 6.08. The number of nitrogen functional groups attached to an aromatic ring is 1. The fourth-order valence-electron chi connectivity index (χ4n) is 4.61. The van der Waals surface area contributed by atoms with Crippen LogP contribution in [0.15, 0.2) is 54.6 Å². The highest BCUT2D eigenvalue weighted by Crippen LogP contribution is 2.33. The number of thiocarbonyl (C=S) groups is 1. The summed E-state index contributed by atoms with van der Waals surface area (Å²) in [6.07, 6.45) is 0. The van der Waals surface area contributed by atoms with Crippen LogP contribution >= 0.6 is 12.2 Å². The van der Waals surface area contributed by atoms with E-state index in [0.29, 0.717) is 29.1 Å². The van der Waals surface area contributed by atoms with Crippen LogP contribution in [0.25, 0.3) is 22.3 Å². The van der Waals surface area contributed by atoms with E-state index in [9.17, 15) is 0 Å². The van der Waals surface area contributed by atoms with Crippen molar-refractivity contribution in [2.75, 3.05) is 51.0 Å². The van der Waals surface area contributed by atoms with Gasteiger partial charge in [0.25, 0.3) is 0 Å². The van der Waals surface area contributed by atoms with Crippen molar-refractivity contribution < 1.29 is 9.47 Å². The average molecular weight is 530 g/mol. The molecule has 0 spiro atoms. The predicted molar refractivity (Wildman–Crippen MR) is 155 cm³/mol. The third-order valence-electron chi connectivity index (χ3n) is 6.78. The van der Waals surface area contributed by atoms with Crippen molar-refractivity contribution in [1.29, 1.82) is 0 Å². The summed E-state index contributed by atoms with van der Waals surface area (Å²) >= 11 is 5.70. The van der Waals surface area contributed by atoms with Crippen LogP contribution in [0.2, 0.25) is 0 Å². The third-order valence-corrected chi connectivity index (χ3v) is 7.18. The lowest BCUT2D eigenvalue weighted by Crippen LogP contribution is -2.51. The van der Waals surface area contributed by atoms with Crippen molar-refractivity contribution >= 4 is 40.1 Å². The van der Waals surface area contributed by atoms with Gasteiger partial charge in [-0.3, -0.25) is 0 Å². The van der Waals surface area contributed by atoms with E-state index in [4.69, 9.17) is 32.4 Å². The highest BCUT2D eigenvalue weighted by molar-refractivity contribution is 7.80. The number of nitrogens with two attached hydrogens (primary N) is 1. The van der Waals surface area contributed by atoms with Gasteiger partial charge in [0.2, 0.25) is 5.95 Å². The molecule has 2 aromatic heterocycles. The summed E-state index contributed by atoms with van der Waals surface area (Å²) in [5, 5.41) is 4.17. The van der Waals surface area contributed by atoms with Gasteiger partial charge in [0.05, 0.1) is 25.4 Å². The van der Waals surface area contributed by atoms with Crippen molar-refractivity contribution in [3.63, 3.8) is 0 Å². The standard InChI is InChI=1S/C28H31N7O2S/c1-18-6-4-5-7-20(18)17-30-28(38)35-14-12-34(13-15-35)26-25-22(32-27(29)33-26)10-9-21(31-25)19-8-11-23(36-2)24(16-19)37-3/h4-11,16H,12-15,17H2,1-3H3,(H,30,38)(H2,29,32,33). The van der Waals surface area contributed by atoms with E-state index >= 15 is 0 Å². The Bertz CT molecular complexity index is 1470. The highest BCUT2D eigenvalue weighted by Gasteiger charge is 2.23. The number of anilines is 2. The lowest BCUT2D eigenvalue weighted by Gasteiger charge is -2.37. The number of fused-ring (bicyclic) bond motifs is 1. The SMILES string of the molecule is COc1ccc(-c2ccc3nc(N)nc(N4CCN(C(=S)NCc5ccccc5C)CC4)c3n2)cc1OC. The van der Waals surface area contributed by atoms with Gasteiger partial charge in [0.15, 0.2) is 22.4 Å². The van der Waals surface area contributed by atoms with Gasteiger partial charge in [-0.2, -0.15) is 4.98 Å². The largest absolute Gasteiger partial charge is 0.493 e. The normalized spacial score (nSPS) is 13.4. The molecule has 0 aliphatic carbocycles. The molecule has 0 atom stereocenters. The molecule has 10 heteroatoms. The topological polar surface area (TPSA) is 102 Å². The number of piperazine rings is 1. The van der Waals surface area contributed by atoms with Gasteiger partial charge in [0.1, 0.15) is 5.52 Å². The summed E-state index contributed by atoms with van der Waals surface area (Å²) in [7, 11) is 3.24. The summed E-state index contributed by atoms with van der Waals surface area (Å²) in [5.74, 6) is 2.26. The molecule has 196 valence electrons. The first-order chi connectivity index (χ1) is 18.5. The van der Waals surface area contributed by atoms with E-state index in [0.717, 1.165) is 48.4 Å². The molecule has 0 amide bonds. The number of aromatic nitrogens is 3. The Kier molecular flexibility index (Phi) is 7.41. The van der Waals surface area contributed by atoms with E-state index in [1.807, 2.05) is 42.5 Å². The number of aryl methyl sites for hydroxylation is 1. The van der Waals surface area contributed by atoms with Crippen LogP contribution < -0.4 is 25.4 Å². The molecule has 2 aromatic carbocycles. The summed E-state index contributed by atoms with van der Waals surface area (Å²) < 4.78 is 10.8. The minimum atomic E-state index is 0.228. The van der Waals surface area contributed by atoms with Crippen LogP contribution in [0.1, 0.15) is 11.1 Å². The monoisotopic (exact) mass is 529 g/mol. The Morgan fingerprint density at radius 1 is 0.947 bits per heavy atom. The number of nitrogens with zero attached hydrogens (tertiary/aromatic N) is 5. The molecule has 1 saturated heterocycles. The molecule has 1 fully saturated rings. The summed E-state index contributed by atoms with van der Waals surface area (Å²) in [6.45, 7) is 5.82. The van der Waals surface area contributed by atoms with Crippen molar-refractivity contribution in [3.05, 3.63) is 65.7 Å². The summed E-state index contributed by atoms with van der Waals surface area (Å²) in [5.41, 5.74) is 11.7. The molecule has 4 aromatic rings. The molecule has 0 saturated carbocycles. The zero-order valence-corrected chi connectivity index (χ0v) is 22.6. The zero-order chi connectivity index (χ0) is 26.6. The second kappa shape index (κ2) is 11.1. The smallest absolute Gasteiger partial charge is 0.222 e. The molecule has 3 heterocycles. The van der Waals surface area contributed by atoms with Crippen LogP contribution in [-0.2, 0) is 6.54 Å². The van der Waals surface area contributed by atoms with Gasteiger partial charge >= 0.3 is 0 Å². The fraction of sp³-hybridized carbons (Fsp3) is 0.286. The van der Waals surface area contributed by atoms with Crippen molar-refractivity contribution in [2.45, 2.75) is 13.5 Å². The van der Waals surface area contributed by atoms with Gasteiger partial charge in [-0.1, -0.05) is 24.3 Å². The zero-order valence-electron chi connectivity index (χ0n) is 21.8. The Morgan fingerprint density at radius 3 is 2.45 bits per heavy atom. The number of nitrogens with one attached hydrogen (secondary N) is 1. The maximum absolute atomic E-state index is 6.08. The van der Waals surface area contributed by atoms with Crippen LogP contribution in [0, 0.1) is 6.92 Å². The maximum Gasteiger partial charge on any atom is 0.222 e. The molecule has 3 N–H and O–H groups in total. The van der Waals surface area contributed by atoms with Crippen molar-refractivity contribution in [3.8, 4) is 22.8 Å². The second-order valence-electron chi connectivity index (χ2n) is 9.10. The summed E-state index contributed by atoms with van der Waals surface area (Å²) in [4.78, 5) is 18.4. The van der Waals surface area contributed by atoms with Crippen molar-refractivity contribution in [1.82, 2.24) is 25.2 Å². The molecular formula is C28H31N7O2S. The minimum absolute atomic E-state index is 0.228. The predicted octanol–water partition coefficient (Wildman–Crippen LogP) is 3.80. The molecule has 0 unspecified atom stereocenters. The average Bonchev–Trinajstić information content (AvgIpc) is 2.95. The second-order valence-corrected chi connectivity index (χ2v) is 9.49. The molecular weight excluding hydrogens is 498 g/mol. The molecule has 5 rings (SSSR count). The first kappa shape index (κ1) is 25.5. The van der Waals surface area contributed by atoms with Gasteiger partial charge in [0, 0.05) is 38.3 Å². The van der Waals surface area contributed by atoms with Gasteiger partial charge in [-0.15, -0.1) is 0 Å². The Labute approximate surface area is 227 Å². The van der Waals surface area contributed by atoms with E-state index in [2.05, 4.69) is 44.1 Å². The van der Waals surface area contributed by atoms with Crippen LogP contribution in [0.5, 0.6) is 11.5 Å². The number of rotatable bonds is 6.